The molecule has 8 N–H and O–H groups in total. The summed E-state index contributed by atoms with van der Waals surface area (Å²) in [4.78, 5) is 191. The predicted molar refractivity (Wildman–Crippen MR) is 512 cm³/mol. The number of carbonyl (C=O) groups is 14. The third-order valence-corrected chi connectivity index (χ3v) is 31.7. The second-order valence-electron chi connectivity index (χ2n) is 44.0. The van der Waals surface area contributed by atoms with Crippen molar-refractivity contribution in [1.29, 1.82) is 0 Å². The Labute approximate surface area is 806 Å². The van der Waals surface area contributed by atoms with Crippen LogP contribution in [-0.4, -0.2) is 224 Å². The minimum Gasteiger partial charge on any atom is -0.450 e. The molecule has 0 aromatic heterocycles. The lowest BCUT2D eigenvalue weighted by Gasteiger charge is -2.35. The smallest absolute Gasteiger partial charge is 0.408 e. The highest BCUT2D eigenvalue weighted by molar-refractivity contribution is 7.91. The topological polar surface area (TPSA) is 450 Å². The van der Waals surface area contributed by atoms with Crippen LogP contribution in [0.2, 0.25) is 0 Å². The van der Waals surface area contributed by atoms with E-state index < -0.39 is 162 Å². The van der Waals surface area contributed by atoms with Crippen molar-refractivity contribution < 1.29 is 103 Å². The molecule has 35 heteroatoms. The van der Waals surface area contributed by atoms with E-state index in [1.807, 2.05) is 27.7 Å². The molecular weight excluding hydrogens is 1780 g/mol. The van der Waals surface area contributed by atoms with Gasteiger partial charge in [0.2, 0.25) is 41.2 Å². The van der Waals surface area contributed by atoms with Crippen molar-refractivity contribution in [2.24, 2.45) is 51.8 Å². The minimum absolute atomic E-state index is 0.0201. The van der Waals surface area contributed by atoms with E-state index in [1.54, 1.807) is 96.4 Å². The molecule has 2 aromatic carbocycles. The Morgan fingerprint density at radius 2 is 0.713 bits per heavy atom. The van der Waals surface area contributed by atoms with Crippen LogP contribution in [0.25, 0.3) is 0 Å². The molecule has 33 nitrogen and oxygen atoms in total. The highest BCUT2D eigenvalue weighted by atomic mass is 32.2. The summed E-state index contributed by atoms with van der Waals surface area (Å²) in [5.74, 6) is -7.33. The molecule has 6 saturated heterocycles. The standard InChI is InChI=1S/C38H58N4O9S.C36H54N4O8S.C27H45N3O5/c1-24-18-20-26(21-19-24)52(48,49)23-39-34(45)32(50-25(2)43)28-16-14-12-10-8-9-11-13-15-17-29(41-36(47)51-37(3,4)5)35(46)42-22-27-30(38(27,6)7)31(42)33(44)40-28;1-23-17-19-24(20-18-23)49(46,47)22-37-32(43)30(41)26-15-13-11-9-7-8-10-12-14-16-27(39-34(45)48-35(2,3)4)33(44)40-21-25-28(36(25,5)6)29(40)31(42)38-26;1-26(2,3)35-25(34)29-20-15-13-11-9-7-6-8-10-12-14-18(17-31)28-23(32)22-21-19(27(21,4)5)16-30(22)24(20)33/h18-21,27-32H,8-17,22-23H2,1-7H3,(H,39,45)(H,40,44)(H,41,47);17-20,25-29H,7-16,21-22H2,1-6H3,(H,37,43)(H,38,42)(H,39,45);17-22H,6-16H2,1-5H3,(H,28,32)(H,29,34)/t27?,28-,29?,30?,31-,32?;25?,26-,27?,28?,29-;18-,19?,20?,21?,22-/m000/s1. The second-order valence-corrected chi connectivity index (χ2v) is 48.0. The van der Waals surface area contributed by atoms with Gasteiger partial charge in [-0.3, -0.25) is 47.9 Å². The first-order valence-electron chi connectivity index (χ1n) is 49.8. The highest BCUT2D eigenvalue weighted by Crippen LogP contribution is 2.67. The fraction of sp³-hybridized carbons (Fsp3) is 0.743. The summed E-state index contributed by atoms with van der Waals surface area (Å²) in [6.45, 7) is 34.2. The second kappa shape index (κ2) is 47.6. The maximum atomic E-state index is 14.4. The number of hydrogen-bond donors (Lipinski definition) is 8. The largest absolute Gasteiger partial charge is 0.450 e. The van der Waals surface area contributed by atoms with Crippen molar-refractivity contribution >= 4 is 103 Å². The zero-order valence-corrected chi connectivity index (χ0v) is 85.5. The summed E-state index contributed by atoms with van der Waals surface area (Å²) in [7, 11) is -7.83. The summed E-state index contributed by atoms with van der Waals surface area (Å²) in [5, 5.41) is 21.7. The molecule has 3 aliphatic carbocycles. The molecule has 760 valence electrons. The van der Waals surface area contributed by atoms with Gasteiger partial charge in [0.1, 0.15) is 71.1 Å². The first-order chi connectivity index (χ1) is 63.7. The number of nitrogens with zero attached hydrogens (tertiary/aromatic N) is 3. The van der Waals surface area contributed by atoms with Crippen LogP contribution in [0.5, 0.6) is 0 Å². The number of ketones is 1. The van der Waals surface area contributed by atoms with Gasteiger partial charge in [-0.15, -0.1) is 0 Å². The van der Waals surface area contributed by atoms with Crippen LogP contribution in [0.1, 0.15) is 315 Å². The van der Waals surface area contributed by atoms with Gasteiger partial charge in [0, 0.05) is 26.6 Å². The first kappa shape index (κ1) is 110. The number of ether oxygens (including phenoxy) is 4. The quantitative estimate of drug-likeness (QED) is 0.0355. The third kappa shape index (κ3) is 30.9. The van der Waals surface area contributed by atoms with Gasteiger partial charge in [-0.25, -0.2) is 31.2 Å². The molecule has 0 radical (unpaired) electrons. The Kier molecular flexibility index (Phi) is 38.6. The molecule has 6 aliphatic heterocycles. The molecular formula is C101H157N11O22S2. The summed E-state index contributed by atoms with van der Waals surface area (Å²) in [6, 6.07) is 4.75. The number of amides is 11. The molecule has 3 saturated carbocycles. The molecule has 16 atom stereocenters. The summed E-state index contributed by atoms with van der Waals surface area (Å²) in [5.41, 5.74) is -0.908. The van der Waals surface area contributed by atoms with E-state index in [9.17, 15) is 84.0 Å². The minimum atomic E-state index is -3.92. The number of sulfone groups is 2. The zero-order valence-electron chi connectivity index (χ0n) is 83.8. The number of esters is 1. The number of Topliss-reactive ketones (excluding diaryl/α,β-unsaturated/α-hetero) is 1. The maximum absolute atomic E-state index is 14.4. The van der Waals surface area contributed by atoms with Crippen LogP contribution in [-0.2, 0) is 91.4 Å². The number of alkyl carbamates (subject to hydrolysis) is 3. The lowest BCUT2D eigenvalue weighted by molar-refractivity contribution is -0.157. The van der Waals surface area contributed by atoms with Crippen molar-refractivity contribution in [2.75, 3.05) is 31.4 Å². The normalized spacial score (nSPS) is 28.1. The van der Waals surface area contributed by atoms with Crippen LogP contribution < -0.4 is 42.5 Å². The van der Waals surface area contributed by atoms with Gasteiger partial charge >= 0.3 is 24.2 Å². The van der Waals surface area contributed by atoms with Crippen LogP contribution in [0, 0.1) is 65.6 Å². The summed E-state index contributed by atoms with van der Waals surface area (Å²) in [6.07, 6.45) is 21.7. The van der Waals surface area contributed by atoms with Gasteiger partial charge in [0.25, 0.3) is 11.8 Å². The molecule has 136 heavy (non-hydrogen) atoms. The van der Waals surface area contributed by atoms with Gasteiger partial charge in [0.05, 0.1) is 27.9 Å². The lowest BCUT2D eigenvalue weighted by Crippen LogP contribution is -2.59. The van der Waals surface area contributed by atoms with Crippen molar-refractivity contribution in [3.63, 3.8) is 0 Å². The molecule has 9 fully saturated rings. The van der Waals surface area contributed by atoms with E-state index in [0.29, 0.717) is 58.2 Å². The van der Waals surface area contributed by atoms with E-state index >= 15 is 0 Å². The summed E-state index contributed by atoms with van der Waals surface area (Å²) >= 11 is 0. The van der Waals surface area contributed by atoms with Crippen molar-refractivity contribution in [3.8, 4) is 0 Å². The number of aryl methyl sites for hydroxylation is 2. The van der Waals surface area contributed by atoms with Gasteiger partial charge in [0.15, 0.2) is 25.8 Å². The third-order valence-electron chi connectivity index (χ3n) is 28.7. The zero-order chi connectivity index (χ0) is 100. The number of benzene rings is 2. The molecule has 10 unspecified atom stereocenters. The Bertz CT molecular complexity index is 4770. The van der Waals surface area contributed by atoms with Crippen LogP contribution in [0.3, 0.4) is 0 Å². The van der Waals surface area contributed by atoms with E-state index in [4.69, 9.17) is 18.9 Å². The summed E-state index contributed by atoms with van der Waals surface area (Å²) < 4.78 is 73.7. The number of hydrogen-bond acceptors (Lipinski definition) is 22. The van der Waals surface area contributed by atoms with E-state index in [1.165, 1.54) is 29.2 Å². The number of fused-ring (bicyclic) bond motifs is 9. The van der Waals surface area contributed by atoms with E-state index in [-0.39, 0.29) is 98.0 Å². The molecule has 2 aromatic rings. The molecule has 11 rings (SSSR count). The average Bonchev–Trinajstić information content (AvgIpc) is 1.53. The fourth-order valence-corrected chi connectivity index (χ4v) is 22.9. The molecule has 0 spiro atoms. The number of piperidine rings is 3. The monoisotopic (exact) mass is 1940 g/mol. The van der Waals surface area contributed by atoms with Crippen molar-refractivity contribution in [3.05, 3.63) is 59.7 Å². The Morgan fingerprint density at radius 3 is 1.04 bits per heavy atom. The van der Waals surface area contributed by atoms with Crippen LogP contribution in [0.15, 0.2) is 58.3 Å². The van der Waals surface area contributed by atoms with Gasteiger partial charge < -0.3 is 81.0 Å². The molecule has 0 bridgehead atoms. The highest BCUT2D eigenvalue weighted by Gasteiger charge is 2.72. The Balaban J connectivity index is 0.000000233. The molecule has 9 aliphatic rings. The molecule has 11 amide bonds. The van der Waals surface area contributed by atoms with Crippen LogP contribution in [0.4, 0.5) is 14.4 Å². The number of rotatable bonds is 15. The van der Waals surface area contributed by atoms with Gasteiger partial charge in [-0.05, 0) is 191 Å². The predicted octanol–water partition coefficient (Wildman–Crippen LogP) is 12.7. The first-order valence-corrected chi connectivity index (χ1v) is 53.1. The Morgan fingerprint density at radius 1 is 0.419 bits per heavy atom. The van der Waals surface area contributed by atoms with E-state index in [2.05, 4.69) is 70.2 Å². The Hall–Kier alpha value is -9.28. The number of nitrogens with one attached hydrogen (secondary N) is 8. The van der Waals surface area contributed by atoms with Crippen molar-refractivity contribution in [1.82, 2.24) is 57.2 Å². The van der Waals surface area contributed by atoms with Gasteiger partial charge in [-0.1, -0.05) is 231 Å². The van der Waals surface area contributed by atoms with E-state index in [0.717, 1.165) is 166 Å². The van der Waals surface area contributed by atoms with Crippen molar-refractivity contribution in [2.45, 2.75) is 404 Å². The maximum Gasteiger partial charge on any atom is 0.408 e. The fourth-order valence-electron chi connectivity index (χ4n) is 20.8. The molecule has 6 heterocycles. The average molecular weight is 1940 g/mol. The number of carbonyl (C=O) groups excluding carboxylic acids is 14. The van der Waals surface area contributed by atoms with Crippen LogP contribution >= 0.6 is 0 Å². The number of aldehydes is 1. The van der Waals surface area contributed by atoms with Gasteiger partial charge in [-0.2, -0.15) is 0 Å². The lowest BCUT2D eigenvalue weighted by atomic mass is 9.97. The SMILES string of the molecule is CC(=O)OC(C(=O)NCS(=O)(=O)c1ccc(C)cc1)[C@@H]1CCCCCCCCCCC(NC(=O)OC(C)(C)C)C(=O)N2CC3C([C@H]2C(=O)N1)C3(C)C.CC(C)(C)OC(=O)NC1CCCCCCCCCC[C@@H](C=O)NC(=O)[C@@H]2C3C(CN2C1=O)C3(C)C.Cc1ccc(S(=O)(=O)CNC(=O)C(=O)[C@@H]2CCCCCCCCCCC(NC(=O)OC(C)(C)C)C(=O)N3CC4C([C@H]3C(=O)N2)C4(C)C)cc1.